The number of methoxy groups -OCH3 is 1. The van der Waals surface area contributed by atoms with E-state index in [9.17, 15) is 15.0 Å². The highest BCUT2D eigenvalue weighted by Gasteiger charge is 2.45. The van der Waals surface area contributed by atoms with Crippen LogP contribution < -0.4 is 5.56 Å². The molecule has 0 amide bonds. The minimum absolute atomic E-state index is 0.0188. The number of H-pyrrole nitrogens is 1. The lowest BCUT2D eigenvalue weighted by Gasteiger charge is -2.21. The van der Waals surface area contributed by atoms with Gasteiger partial charge in [-0.05, 0) is 18.4 Å². The molecule has 2 aliphatic rings. The minimum Gasteiger partial charge on any atom is -0.396 e. The van der Waals surface area contributed by atoms with Crippen molar-refractivity contribution >= 4 is 5.57 Å². The van der Waals surface area contributed by atoms with Gasteiger partial charge in [-0.2, -0.15) is 0 Å². The maximum atomic E-state index is 11.7. The normalized spacial score (nSPS) is 32.2. The predicted molar refractivity (Wildman–Crippen MR) is 72.0 cm³/mol. The van der Waals surface area contributed by atoms with E-state index in [4.69, 9.17) is 4.74 Å². The fraction of sp³-hybridized carbons (Fsp3) is 0.571. The van der Waals surface area contributed by atoms with Crippen molar-refractivity contribution in [3.63, 3.8) is 0 Å². The molecule has 1 heterocycles. The summed E-state index contributed by atoms with van der Waals surface area (Å²) < 4.78 is 5.30. The van der Waals surface area contributed by atoms with Crippen LogP contribution in [0, 0.1) is 11.8 Å². The molecule has 1 saturated carbocycles. The fourth-order valence-electron chi connectivity index (χ4n) is 3.43. The maximum Gasteiger partial charge on any atom is 0.254 e. The standard InChI is InChI=1S/C14H18N2O4/c1-20-13-7(5-17)4-10(12(13)18)8-2-3-9-11(8)15-6-16-14(9)19/h2,6-7,10,12-13,17-18H,3-5H2,1H3,(H,15,16,19)/t7-,10+,12+,13-/m1/s1. The summed E-state index contributed by atoms with van der Waals surface area (Å²) in [5.41, 5.74) is 2.09. The number of aromatic amines is 1. The van der Waals surface area contributed by atoms with Gasteiger partial charge in [0.15, 0.2) is 0 Å². The Morgan fingerprint density at radius 3 is 3.00 bits per heavy atom. The van der Waals surface area contributed by atoms with Gasteiger partial charge >= 0.3 is 0 Å². The Labute approximate surface area is 116 Å². The van der Waals surface area contributed by atoms with Crippen LogP contribution in [0.5, 0.6) is 0 Å². The second-order valence-electron chi connectivity index (χ2n) is 5.40. The van der Waals surface area contributed by atoms with Crippen LogP contribution in [0.3, 0.4) is 0 Å². The molecule has 1 aromatic rings. The number of allylic oxidation sites excluding steroid dienone is 1. The topological polar surface area (TPSA) is 95.4 Å². The zero-order chi connectivity index (χ0) is 14.3. The number of nitrogens with one attached hydrogen (secondary N) is 1. The van der Waals surface area contributed by atoms with Crippen molar-refractivity contribution in [3.05, 3.63) is 34.0 Å². The molecule has 6 nitrogen and oxygen atoms in total. The van der Waals surface area contributed by atoms with E-state index in [-0.39, 0.29) is 30.1 Å². The highest BCUT2D eigenvalue weighted by molar-refractivity contribution is 5.72. The van der Waals surface area contributed by atoms with Gasteiger partial charge in [-0.1, -0.05) is 6.08 Å². The van der Waals surface area contributed by atoms with Crippen LogP contribution in [-0.4, -0.2) is 46.1 Å². The number of aliphatic hydroxyl groups is 2. The molecule has 0 spiro atoms. The van der Waals surface area contributed by atoms with Crippen LogP contribution in [0.1, 0.15) is 17.7 Å². The van der Waals surface area contributed by atoms with Crippen LogP contribution >= 0.6 is 0 Å². The Kier molecular flexibility index (Phi) is 3.45. The summed E-state index contributed by atoms with van der Waals surface area (Å²) in [5.74, 6) is -0.236. The number of aliphatic hydroxyl groups excluding tert-OH is 2. The molecule has 6 heteroatoms. The Morgan fingerprint density at radius 1 is 1.55 bits per heavy atom. The zero-order valence-electron chi connectivity index (χ0n) is 11.2. The molecule has 3 N–H and O–H groups in total. The smallest absolute Gasteiger partial charge is 0.254 e. The Bertz CT molecular complexity index is 595. The van der Waals surface area contributed by atoms with Gasteiger partial charge in [0.05, 0.1) is 24.2 Å². The van der Waals surface area contributed by atoms with E-state index >= 15 is 0 Å². The number of fused-ring (bicyclic) bond motifs is 1. The van der Waals surface area contributed by atoms with Gasteiger partial charge in [0.1, 0.15) is 0 Å². The summed E-state index contributed by atoms with van der Waals surface area (Å²) in [6, 6.07) is 0. The van der Waals surface area contributed by atoms with Crippen LogP contribution in [-0.2, 0) is 11.2 Å². The summed E-state index contributed by atoms with van der Waals surface area (Å²) in [7, 11) is 1.54. The first-order chi connectivity index (χ1) is 9.67. The highest BCUT2D eigenvalue weighted by Crippen LogP contribution is 2.43. The maximum absolute atomic E-state index is 11.7. The van der Waals surface area contributed by atoms with Gasteiger partial charge in [-0.3, -0.25) is 4.79 Å². The van der Waals surface area contributed by atoms with Crippen molar-refractivity contribution in [1.82, 2.24) is 9.97 Å². The van der Waals surface area contributed by atoms with Gasteiger partial charge in [0.2, 0.25) is 0 Å². The number of rotatable bonds is 3. The molecule has 1 fully saturated rings. The molecule has 0 radical (unpaired) electrons. The molecule has 3 rings (SSSR count). The number of aromatic nitrogens is 2. The third kappa shape index (κ3) is 1.91. The van der Waals surface area contributed by atoms with Crippen LogP contribution in [0.2, 0.25) is 0 Å². The molecule has 0 saturated heterocycles. The SMILES string of the molecule is CO[C@@H]1[C@@H](CO)C[C@@H](C2=CCc3c2nc[nH]c3=O)[C@@H]1O. The highest BCUT2D eigenvalue weighted by atomic mass is 16.5. The lowest BCUT2D eigenvalue weighted by atomic mass is 9.93. The molecular weight excluding hydrogens is 260 g/mol. The van der Waals surface area contributed by atoms with Crippen molar-refractivity contribution in [3.8, 4) is 0 Å². The second-order valence-corrected chi connectivity index (χ2v) is 5.40. The van der Waals surface area contributed by atoms with Crippen molar-refractivity contribution in [2.24, 2.45) is 11.8 Å². The molecular formula is C14H18N2O4. The first kappa shape index (κ1) is 13.5. The molecule has 1 aromatic heterocycles. The largest absolute Gasteiger partial charge is 0.396 e. The summed E-state index contributed by atoms with van der Waals surface area (Å²) in [4.78, 5) is 18.5. The molecule has 0 unspecified atom stereocenters. The number of nitrogens with zero attached hydrogens (tertiary/aromatic N) is 1. The predicted octanol–water partition coefficient (Wildman–Crippen LogP) is -0.286. The quantitative estimate of drug-likeness (QED) is 0.706. The fourth-order valence-corrected chi connectivity index (χ4v) is 3.43. The van der Waals surface area contributed by atoms with Gasteiger partial charge in [0, 0.05) is 31.1 Å². The molecule has 0 bridgehead atoms. The molecule has 108 valence electrons. The first-order valence-electron chi connectivity index (χ1n) is 6.76. The van der Waals surface area contributed by atoms with Crippen LogP contribution in [0.15, 0.2) is 17.2 Å². The summed E-state index contributed by atoms with van der Waals surface area (Å²) in [6.45, 7) is -0.0188. The molecule has 0 aliphatic heterocycles. The van der Waals surface area contributed by atoms with Crippen LogP contribution in [0.4, 0.5) is 0 Å². The number of hydrogen-bond acceptors (Lipinski definition) is 5. The van der Waals surface area contributed by atoms with Crippen molar-refractivity contribution < 1.29 is 14.9 Å². The Balaban J connectivity index is 1.93. The second kappa shape index (κ2) is 5.12. The minimum atomic E-state index is -0.685. The van der Waals surface area contributed by atoms with E-state index in [2.05, 4.69) is 9.97 Å². The van der Waals surface area contributed by atoms with Gasteiger partial charge in [0.25, 0.3) is 5.56 Å². The summed E-state index contributed by atoms with van der Waals surface area (Å²) in [5, 5.41) is 19.8. The third-order valence-electron chi connectivity index (χ3n) is 4.43. The number of hydrogen-bond donors (Lipinski definition) is 3. The van der Waals surface area contributed by atoms with E-state index in [0.717, 1.165) is 5.57 Å². The van der Waals surface area contributed by atoms with Crippen molar-refractivity contribution in [2.75, 3.05) is 13.7 Å². The Morgan fingerprint density at radius 2 is 2.35 bits per heavy atom. The van der Waals surface area contributed by atoms with Crippen molar-refractivity contribution in [1.29, 1.82) is 0 Å². The van der Waals surface area contributed by atoms with Crippen molar-refractivity contribution in [2.45, 2.75) is 25.0 Å². The summed E-state index contributed by atoms with van der Waals surface area (Å²) >= 11 is 0. The number of ether oxygens (including phenoxy) is 1. The van der Waals surface area contributed by atoms with E-state index < -0.39 is 6.10 Å². The molecule has 4 atom stereocenters. The summed E-state index contributed by atoms with van der Waals surface area (Å²) in [6.07, 6.45) is 3.45. The Hall–Kier alpha value is -1.50. The first-order valence-corrected chi connectivity index (χ1v) is 6.76. The van der Waals surface area contributed by atoms with Crippen LogP contribution in [0.25, 0.3) is 5.57 Å². The average Bonchev–Trinajstić information content (AvgIpc) is 3.00. The zero-order valence-corrected chi connectivity index (χ0v) is 11.2. The van der Waals surface area contributed by atoms with Gasteiger partial charge in [-0.15, -0.1) is 0 Å². The van der Waals surface area contributed by atoms with Gasteiger partial charge < -0.3 is 19.9 Å². The molecule has 0 aromatic carbocycles. The molecule has 2 aliphatic carbocycles. The lowest BCUT2D eigenvalue weighted by Crippen LogP contribution is -2.31. The van der Waals surface area contributed by atoms with Gasteiger partial charge in [-0.25, -0.2) is 4.98 Å². The monoisotopic (exact) mass is 278 g/mol. The van der Waals surface area contributed by atoms with E-state index in [0.29, 0.717) is 24.1 Å². The molecule has 20 heavy (non-hydrogen) atoms. The lowest BCUT2D eigenvalue weighted by molar-refractivity contribution is -0.0293. The third-order valence-corrected chi connectivity index (χ3v) is 4.43. The van der Waals surface area contributed by atoms with E-state index in [1.54, 1.807) is 7.11 Å². The van der Waals surface area contributed by atoms with E-state index in [1.165, 1.54) is 6.33 Å². The van der Waals surface area contributed by atoms with E-state index in [1.807, 2.05) is 6.08 Å². The average molecular weight is 278 g/mol.